The molecule has 1 aliphatic carbocycles. The smallest absolute Gasteiger partial charge is 0.293 e. The highest BCUT2D eigenvalue weighted by molar-refractivity contribution is 6.30. The van der Waals surface area contributed by atoms with E-state index < -0.39 is 4.92 Å². The summed E-state index contributed by atoms with van der Waals surface area (Å²) < 4.78 is 0. The first kappa shape index (κ1) is 12.1. The Morgan fingerprint density at radius 1 is 1.53 bits per heavy atom. The van der Waals surface area contributed by atoms with Crippen LogP contribution in [0, 0.1) is 15.5 Å². The van der Waals surface area contributed by atoms with Crippen LogP contribution in [0.2, 0.25) is 5.02 Å². The lowest BCUT2D eigenvalue weighted by atomic mass is 10.1. The molecule has 0 aliphatic heterocycles. The Hall–Kier alpha value is -1.33. The molecule has 1 aromatic rings. The third-order valence-electron chi connectivity index (χ3n) is 3.10. The third kappa shape index (κ3) is 2.68. The molecule has 2 rings (SSSR count). The van der Waals surface area contributed by atoms with Crippen molar-refractivity contribution in [2.75, 3.05) is 18.5 Å². The normalized spacial score (nSPS) is 16.6. The van der Waals surface area contributed by atoms with Gasteiger partial charge in [0.1, 0.15) is 5.69 Å². The molecule has 5 nitrogen and oxygen atoms in total. The standard InChI is InChI=1S/C11H13ClN2O3/c12-8-1-2-9(10(5-8)14(16)17)13-6-11(7-15)3-4-11/h1-2,5,13,15H,3-4,6-7H2. The molecule has 0 aromatic heterocycles. The molecule has 6 heteroatoms. The van der Waals surface area contributed by atoms with Crippen LogP contribution in [-0.2, 0) is 0 Å². The van der Waals surface area contributed by atoms with E-state index in [9.17, 15) is 10.1 Å². The molecule has 17 heavy (non-hydrogen) atoms. The van der Waals surface area contributed by atoms with E-state index in [1.807, 2.05) is 0 Å². The molecule has 0 spiro atoms. The monoisotopic (exact) mass is 256 g/mol. The molecule has 1 saturated carbocycles. The zero-order valence-corrected chi connectivity index (χ0v) is 9.91. The second kappa shape index (κ2) is 4.50. The number of hydrogen-bond acceptors (Lipinski definition) is 4. The van der Waals surface area contributed by atoms with Crippen molar-refractivity contribution in [3.63, 3.8) is 0 Å². The van der Waals surface area contributed by atoms with Crippen LogP contribution in [0.25, 0.3) is 0 Å². The zero-order valence-electron chi connectivity index (χ0n) is 9.15. The number of hydrogen-bond donors (Lipinski definition) is 2. The van der Waals surface area contributed by atoms with Gasteiger partial charge in [0, 0.05) is 23.0 Å². The summed E-state index contributed by atoms with van der Waals surface area (Å²) in [5.74, 6) is 0. The molecule has 1 fully saturated rings. The van der Waals surface area contributed by atoms with Gasteiger partial charge < -0.3 is 10.4 Å². The SMILES string of the molecule is O=[N+]([O-])c1cc(Cl)ccc1NCC1(CO)CC1. The molecule has 0 unspecified atom stereocenters. The molecule has 2 N–H and O–H groups in total. The molecule has 0 amide bonds. The number of nitro groups is 1. The molecular weight excluding hydrogens is 244 g/mol. The number of nitrogens with one attached hydrogen (secondary N) is 1. The molecule has 0 saturated heterocycles. The van der Waals surface area contributed by atoms with E-state index in [0.29, 0.717) is 17.3 Å². The molecule has 0 bridgehead atoms. The van der Waals surface area contributed by atoms with Gasteiger partial charge in [-0.25, -0.2) is 0 Å². The first-order valence-electron chi connectivity index (χ1n) is 5.35. The maximum absolute atomic E-state index is 10.8. The fourth-order valence-electron chi connectivity index (χ4n) is 1.66. The number of nitrogens with zero attached hydrogens (tertiary/aromatic N) is 1. The van der Waals surface area contributed by atoms with E-state index >= 15 is 0 Å². The van der Waals surface area contributed by atoms with Gasteiger partial charge in [-0.15, -0.1) is 0 Å². The average molecular weight is 257 g/mol. The minimum absolute atomic E-state index is 0.0359. The lowest BCUT2D eigenvalue weighted by molar-refractivity contribution is -0.383. The molecule has 92 valence electrons. The number of rotatable bonds is 5. The van der Waals surface area contributed by atoms with Gasteiger partial charge in [-0.1, -0.05) is 11.6 Å². The Bertz CT molecular complexity index is 446. The van der Waals surface area contributed by atoms with Gasteiger partial charge >= 0.3 is 0 Å². The van der Waals surface area contributed by atoms with Crippen molar-refractivity contribution < 1.29 is 10.0 Å². The highest BCUT2D eigenvalue weighted by Crippen LogP contribution is 2.45. The molecule has 0 atom stereocenters. The Morgan fingerprint density at radius 3 is 2.76 bits per heavy atom. The van der Waals surface area contributed by atoms with Crippen LogP contribution < -0.4 is 5.32 Å². The largest absolute Gasteiger partial charge is 0.396 e. The summed E-state index contributed by atoms with van der Waals surface area (Å²) in [6, 6.07) is 4.52. The minimum Gasteiger partial charge on any atom is -0.396 e. The van der Waals surface area contributed by atoms with Crippen LogP contribution in [0.1, 0.15) is 12.8 Å². The summed E-state index contributed by atoms with van der Waals surface area (Å²) in [7, 11) is 0. The van der Waals surface area contributed by atoms with E-state index in [2.05, 4.69) is 5.32 Å². The summed E-state index contributed by atoms with van der Waals surface area (Å²) >= 11 is 5.72. The Labute approximate surface area is 104 Å². The van der Waals surface area contributed by atoms with Crippen LogP contribution >= 0.6 is 11.6 Å². The van der Waals surface area contributed by atoms with Crippen molar-refractivity contribution in [1.82, 2.24) is 0 Å². The van der Waals surface area contributed by atoms with Gasteiger partial charge in [0.15, 0.2) is 0 Å². The zero-order chi connectivity index (χ0) is 12.5. The maximum atomic E-state index is 10.8. The van der Waals surface area contributed by atoms with Gasteiger partial charge in [-0.05, 0) is 25.0 Å². The van der Waals surface area contributed by atoms with Gasteiger partial charge in [0.05, 0.1) is 11.5 Å². The van der Waals surface area contributed by atoms with Gasteiger partial charge in [-0.2, -0.15) is 0 Å². The van der Waals surface area contributed by atoms with Crippen molar-refractivity contribution >= 4 is 23.0 Å². The molecule has 0 radical (unpaired) electrons. The number of aliphatic hydroxyl groups excluding tert-OH is 1. The number of aliphatic hydroxyl groups is 1. The maximum Gasteiger partial charge on any atom is 0.293 e. The summed E-state index contributed by atoms with van der Waals surface area (Å²) in [5, 5.41) is 23.4. The van der Waals surface area contributed by atoms with Gasteiger partial charge in [-0.3, -0.25) is 10.1 Å². The molecule has 1 aromatic carbocycles. The summed E-state index contributed by atoms with van der Waals surface area (Å²) in [4.78, 5) is 10.4. The van der Waals surface area contributed by atoms with E-state index in [0.717, 1.165) is 12.8 Å². The first-order valence-corrected chi connectivity index (χ1v) is 5.73. The first-order chi connectivity index (χ1) is 8.06. The number of anilines is 1. The summed E-state index contributed by atoms with van der Waals surface area (Å²) in [5.41, 5.74) is 0.318. The number of halogens is 1. The molecule has 1 aliphatic rings. The van der Waals surface area contributed by atoms with E-state index in [1.54, 1.807) is 12.1 Å². The lowest BCUT2D eigenvalue weighted by Gasteiger charge is -2.13. The Kier molecular flexibility index (Phi) is 3.22. The van der Waals surface area contributed by atoms with E-state index in [1.165, 1.54) is 6.07 Å². The molecule has 0 heterocycles. The Balaban J connectivity index is 2.12. The van der Waals surface area contributed by atoms with Crippen molar-refractivity contribution in [3.05, 3.63) is 33.3 Å². The van der Waals surface area contributed by atoms with Crippen molar-refractivity contribution in [3.8, 4) is 0 Å². The van der Waals surface area contributed by atoms with E-state index in [-0.39, 0.29) is 17.7 Å². The van der Waals surface area contributed by atoms with Crippen molar-refractivity contribution in [2.45, 2.75) is 12.8 Å². The fraction of sp³-hybridized carbons (Fsp3) is 0.455. The summed E-state index contributed by atoms with van der Waals surface area (Å²) in [6.07, 6.45) is 1.91. The van der Waals surface area contributed by atoms with Gasteiger partial charge in [0.2, 0.25) is 0 Å². The fourth-order valence-corrected chi connectivity index (χ4v) is 1.82. The number of nitro benzene ring substituents is 1. The lowest BCUT2D eigenvalue weighted by Crippen LogP contribution is -2.19. The Morgan fingerprint density at radius 2 is 2.24 bits per heavy atom. The quantitative estimate of drug-likeness (QED) is 0.627. The second-order valence-corrected chi connectivity index (χ2v) is 4.87. The van der Waals surface area contributed by atoms with Crippen LogP contribution in [0.15, 0.2) is 18.2 Å². The highest BCUT2D eigenvalue weighted by Gasteiger charge is 2.41. The topological polar surface area (TPSA) is 75.4 Å². The molecular formula is C11H13ClN2O3. The second-order valence-electron chi connectivity index (χ2n) is 4.43. The number of benzene rings is 1. The minimum atomic E-state index is -0.466. The average Bonchev–Trinajstić information content (AvgIpc) is 3.08. The van der Waals surface area contributed by atoms with Crippen LogP contribution in [0.3, 0.4) is 0 Å². The van der Waals surface area contributed by atoms with Gasteiger partial charge in [0.25, 0.3) is 5.69 Å². The van der Waals surface area contributed by atoms with Crippen LogP contribution in [0.4, 0.5) is 11.4 Å². The predicted octanol–water partition coefficient (Wildman–Crippen LogP) is 2.43. The van der Waals surface area contributed by atoms with E-state index in [4.69, 9.17) is 16.7 Å². The third-order valence-corrected chi connectivity index (χ3v) is 3.34. The predicted molar refractivity (Wildman–Crippen MR) is 65.3 cm³/mol. The summed E-state index contributed by atoms with van der Waals surface area (Å²) in [6.45, 7) is 0.660. The van der Waals surface area contributed by atoms with Crippen molar-refractivity contribution in [2.24, 2.45) is 5.41 Å². The van der Waals surface area contributed by atoms with Crippen molar-refractivity contribution in [1.29, 1.82) is 0 Å². The van der Waals surface area contributed by atoms with Crippen LogP contribution in [0.5, 0.6) is 0 Å². The van der Waals surface area contributed by atoms with Crippen LogP contribution in [-0.4, -0.2) is 23.2 Å². The highest BCUT2D eigenvalue weighted by atomic mass is 35.5.